The molecule has 0 saturated carbocycles. The van der Waals surface area contributed by atoms with E-state index in [0.29, 0.717) is 11.8 Å². The number of benzene rings is 1. The smallest absolute Gasteiger partial charge is 0.315 e. The van der Waals surface area contributed by atoms with Crippen molar-refractivity contribution in [3.8, 4) is 0 Å². The number of nitrogens with one attached hydrogen (secondary N) is 2. The van der Waals surface area contributed by atoms with E-state index >= 15 is 0 Å². The minimum atomic E-state index is -1.68. The van der Waals surface area contributed by atoms with Gasteiger partial charge in [0.15, 0.2) is 0 Å². The summed E-state index contributed by atoms with van der Waals surface area (Å²) in [6.45, 7) is 4.63. The quantitative estimate of drug-likeness (QED) is 0.784. The number of furan rings is 1. The lowest BCUT2D eigenvalue weighted by molar-refractivity contribution is 0.0554. The first-order chi connectivity index (χ1) is 11.2. The van der Waals surface area contributed by atoms with Crippen molar-refractivity contribution >= 4 is 6.03 Å². The minimum Gasteiger partial charge on any atom is -0.464 e. The molecule has 0 radical (unpaired) electrons. The zero-order valence-electron chi connectivity index (χ0n) is 13.7. The number of rotatable bonds is 5. The maximum atomic E-state index is 13.8. The van der Waals surface area contributed by atoms with Crippen LogP contribution in [0.5, 0.6) is 0 Å². The van der Waals surface area contributed by atoms with Crippen LogP contribution >= 0.6 is 0 Å². The molecule has 0 aliphatic rings. The highest BCUT2D eigenvalue weighted by atomic mass is 19.1. The van der Waals surface area contributed by atoms with Gasteiger partial charge in [-0.3, -0.25) is 0 Å². The maximum absolute atomic E-state index is 13.8. The molecule has 2 rings (SSSR count). The Balaban J connectivity index is 1.94. The second-order valence-corrected chi connectivity index (χ2v) is 5.90. The molecule has 1 aromatic heterocycles. The molecule has 2 atom stereocenters. The highest BCUT2D eigenvalue weighted by Crippen LogP contribution is 2.23. The van der Waals surface area contributed by atoms with Crippen LogP contribution in [-0.4, -0.2) is 17.7 Å². The van der Waals surface area contributed by atoms with E-state index < -0.39 is 23.3 Å². The zero-order valence-corrected chi connectivity index (χ0v) is 13.7. The summed E-state index contributed by atoms with van der Waals surface area (Å²) in [6.07, 6.45) is 0. The van der Waals surface area contributed by atoms with E-state index in [-0.39, 0.29) is 18.2 Å². The molecule has 130 valence electrons. The third-order valence-corrected chi connectivity index (χ3v) is 3.64. The van der Waals surface area contributed by atoms with Crippen LogP contribution in [0.25, 0.3) is 0 Å². The first-order valence-corrected chi connectivity index (χ1v) is 7.47. The molecule has 0 aliphatic heterocycles. The third-order valence-electron chi connectivity index (χ3n) is 3.64. The number of amides is 2. The van der Waals surface area contributed by atoms with Crippen LogP contribution in [0.1, 0.15) is 37.0 Å². The molecule has 0 spiro atoms. The lowest BCUT2D eigenvalue weighted by atomic mass is 9.95. The maximum Gasteiger partial charge on any atom is 0.315 e. The third kappa shape index (κ3) is 4.32. The van der Waals surface area contributed by atoms with Gasteiger partial charge in [0.25, 0.3) is 0 Å². The number of urea groups is 1. The molecular formula is C17H20F2N2O3. The summed E-state index contributed by atoms with van der Waals surface area (Å²) in [5.41, 5.74) is -1.78. The molecule has 1 aromatic carbocycles. The van der Waals surface area contributed by atoms with Crippen molar-refractivity contribution in [2.24, 2.45) is 0 Å². The van der Waals surface area contributed by atoms with Crippen molar-refractivity contribution in [2.75, 3.05) is 6.54 Å². The summed E-state index contributed by atoms with van der Waals surface area (Å²) in [5.74, 6) is -0.283. The molecule has 3 N–H and O–H groups in total. The van der Waals surface area contributed by atoms with E-state index in [1.54, 1.807) is 26.0 Å². The average Bonchev–Trinajstić information content (AvgIpc) is 2.91. The fraction of sp³-hybridized carbons (Fsp3) is 0.353. The van der Waals surface area contributed by atoms with Gasteiger partial charge in [0, 0.05) is 11.6 Å². The van der Waals surface area contributed by atoms with Crippen LogP contribution in [0.4, 0.5) is 13.6 Å². The number of aliphatic hydroxyl groups is 1. The lowest BCUT2D eigenvalue weighted by Gasteiger charge is -2.25. The van der Waals surface area contributed by atoms with E-state index in [9.17, 15) is 18.7 Å². The Labute approximate surface area is 138 Å². The topological polar surface area (TPSA) is 74.5 Å². The molecule has 0 bridgehead atoms. The molecule has 0 fully saturated rings. The Hall–Kier alpha value is -2.41. The molecular weight excluding hydrogens is 318 g/mol. The van der Waals surface area contributed by atoms with Crippen LogP contribution in [0.2, 0.25) is 0 Å². The minimum absolute atomic E-state index is 0.0982. The van der Waals surface area contributed by atoms with Gasteiger partial charge in [-0.05, 0) is 39.0 Å². The Morgan fingerprint density at radius 1 is 1.33 bits per heavy atom. The summed E-state index contributed by atoms with van der Waals surface area (Å²) in [5, 5.41) is 15.5. The predicted molar refractivity (Wildman–Crippen MR) is 84.3 cm³/mol. The Bertz CT molecular complexity index is 728. The average molecular weight is 338 g/mol. The fourth-order valence-corrected chi connectivity index (χ4v) is 2.28. The number of carbonyl (C=O) groups excluding carboxylic acids is 1. The van der Waals surface area contributed by atoms with Crippen molar-refractivity contribution in [3.63, 3.8) is 0 Å². The first-order valence-electron chi connectivity index (χ1n) is 7.47. The van der Waals surface area contributed by atoms with E-state index in [4.69, 9.17) is 4.42 Å². The van der Waals surface area contributed by atoms with Crippen LogP contribution in [-0.2, 0) is 5.60 Å². The fourth-order valence-electron chi connectivity index (χ4n) is 2.28. The van der Waals surface area contributed by atoms with E-state index in [0.717, 1.165) is 17.9 Å². The monoisotopic (exact) mass is 338 g/mol. The van der Waals surface area contributed by atoms with Crippen molar-refractivity contribution in [3.05, 3.63) is 59.1 Å². The van der Waals surface area contributed by atoms with Gasteiger partial charge in [0.1, 0.15) is 28.8 Å². The van der Waals surface area contributed by atoms with Crippen LogP contribution in [0.3, 0.4) is 0 Å². The zero-order chi connectivity index (χ0) is 17.9. The van der Waals surface area contributed by atoms with Crippen molar-refractivity contribution in [1.82, 2.24) is 10.6 Å². The molecule has 2 aromatic rings. The predicted octanol–water partition coefficient (Wildman–Crippen LogP) is 3.13. The molecule has 0 aliphatic carbocycles. The second kappa shape index (κ2) is 7.00. The molecule has 5 nitrogen and oxygen atoms in total. The summed E-state index contributed by atoms with van der Waals surface area (Å²) in [4.78, 5) is 11.9. The second-order valence-electron chi connectivity index (χ2n) is 5.90. The summed E-state index contributed by atoms with van der Waals surface area (Å²) in [6, 6.07) is 5.51. The highest BCUT2D eigenvalue weighted by molar-refractivity contribution is 5.74. The van der Waals surface area contributed by atoms with Gasteiger partial charge in [0.05, 0.1) is 12.6 Å². The molecule has 2 amide bonds. The molecule has 0 saturated heterocycles. The van der Waals surface area contributed by atoms with Crippen molar-refractivity contribution in [2.45, 2.75) is 32.4 Å². The Kier molecular flexibility index (Phi) is 5.23. The van der Waals surface area contributed by atoms with Gasteiger partial charge in [-0.1, -0.05) is 6.07 Å². The Morgan fingerprint density at radius 3 is 2.62 bits per heavy atom. The number of aryl methyl sites for hydroxylation is 1. The standard InChI is InChI=1S/C17H20F2N2O3/c1-10-4-7-15(24-10)11(2)21-16(22)20-9-17(3,23)13-6-5-12(18)8-14(13)19/h4-8,11,23H,9H2,1-3H3,(H2,20,21,22). The summed E-state index contributed by atoms with van der Waals surface area (Å²) in [7, 11) is 0. The SMILES string of the molecule is Cc1ccc(C(C)NC(=O)NCC(C)(O)c2ccc(F)cc2F)o1. The van der Waals surface area contributed by atoms with Gasteiger partial charge in [-0.2, -0.15) is 0 Å². The van der Waals surface area contributed by atoms with Gasteiger partial charge in [0.2, 0.25) is 0 Å². The number of hydrogen-bond acceptors (Lipinski definition) is 3. The highest BCUT2D eigenvalue weighted by Gasteiger charge is 2.27. The molecule has 2 unspecified atom stereocenters. The van der Waals surface area contributed by atoms with E-state index in [2.05, 4.69) is 10.6 Å². The van der Waals surface area contributed by atoms with Crippen LogP contribution in [0.15, 0.2) is 34.7 Å². The number of hydrogen-bond donors (Lipinski definition) is 3. The van der Waals surface area contributed by atoms with E-state index in [1.807, 2.05) is 0 Å². The number of halogens is 2. The molecule has 24 heavy (non-hydrogen) atoms. The van der Waals surface area contributed by atoms with Gasteiger partial charge in [-0.25, -0.2) is 13.6 Å². The first kappa shape index (κ1) is 17.9. The van der Waals surface area contributed by atoms with Gasteiger partial charge in [-0.15, -0.1) is 0 Å². The summed E-state index contributed by atoms with van der Waals surface area (Å²) >= 11 is 0. The van der Waals surface area contributed by atoms with Gasteiger partial charge < -0.3 is 20.2 Å². The largest absolute Gasteiger partial charge is 0.464 e. The number of carbonyl (C=O) groups is 1. The van der Waals surface area contributed by atoms with Crippen molar-refractivity contribution < 1.29 is 23.1 Å². The van der Waals surface area contributed by atoms with Crippen LogP contribution < -0.4 is 10.6 Å². The summed E-state index contributed by atoms with van der Waals surface area (Å²) < 4.78 is 32.1. The van der Waals surface area contributed by atoms with Crippen LogP contribution in [0, 0.1) is 18.6 Å². The van der Waals surface area contributed by atoms with E-state index in [1.165, 1.54) is 6.92 Å². The van der Waals surface area contributed by atoms with Gasteiger partial charge >= 0.3 is 6.03 Å². The normalized spacial score (nSPS) is 14.8. The molecule has 7 heteroatoms. The molecule has 1 heterocycles. The lowest BCUT2D eigenvalue weighted by Crippen LogP contribution is -2.44. The Morgan fingerprint density at radius 2 is 2.04 bits per heavy atom. The van der Waals surface area contributed by atoms with Crippen molar-refractivity contribution in [1.29, 1.82) is 0 Å².